The van der Waals surface area contributed by atoms with Gasteiger partial charge in [-0.15, -0.1) is 0 Å². The van der Waals surface area contributed by atoms with Crippen molar-refractivity contribution in [3.8, 4) is 0 Å². The molecule has 0 unspecified atom stereocenters. The van der Waals surface area contributed by atoms with Crippen molar-refractivity contribution in [2.45, 2.75) is 25.4 Å². The van der Waals surface area contributed by atoms with Gasteiger partial charge in [0.25, 0.3) is 0 Å². The number of fused-ring (bicyclic) bond motifs is 1. The second kappa shape index (κ2) is 20.8. The van der Waals surface area contributed by atoms with Gasteiger partial charge in [-0.1, -0.05) is 0 Å². The number of furan rings is 1. The number of benzene rings is 2. The van der Waals surface area contributed by atoms with E-state index in [2.05, 4.69) is 66.2 Å². The molecule has 0 saturated carbocycles. The Labute approximate surface area is 245 Å². The van der Waals surface area contributed by atoms with E-state index in [1.165, 1.54) is 0 Å². The van der Waals surface area contributed by atoms with Crippen molar-refractivity contribution < 1.29 is 53.1 Å². The van der Waals surface area contributed by atoms with Crippen molar-refractivity contribution in [1.82, 2.24) is 10.0 Å². The first kappa shape index (κ1) is 37.0. The Hall–Kier alpha value is -4.05. The fourth-order valence-electron chi connectivity index (χ4n) is 4.48. The molecule has 2 aromatic carbocycles. The van der Waals surface area contributed by atoms with Gasteiger partial charge < -0.3 is 0 Å². The van der Waals surface area contributed by atoms with E-state index in [0.717, 1.165) is 28.2 Å². The molecule has 0 radical (unpaired) electrons. The van der Waals surface area contributed by atoms with E-state index < -0.39 is 0 Å². The van der Waals surface area contributed by atoms with Gasteiger partial charge in [-0.05, 0) is 0 Å². The van der Waals surface area contributed by atoms with Gasteiger partial charge in [-0.25, -0.2) is 0 Å². The van der Waals surface area contributed by atoms with Crippen molar-refractivity contribution in [2.75, 3.05) is 6.61 Å². The van der Waals surface area contributed by atoms with Crippen LogP contribution in [0, 0.1) is 33.3 Å². The summed E-state index contributed by atoms with van der Waals surface area (Å²) in [7, 11) is 0. The summed E-state index contributed by atoms with van der Waals surface area (Å²) in [6.45, 7) is 25.0. The first-order valence-corrected chi connectivity index (χ1v) is 12.0. The molecule has 1 amide bonds. The summed E-state index contributed by atoms with van der Waals surface area (Å²) < 4.78 is 50.0. The number of hydrogen-bond acceptors (Lipinski definition) is 4. The number of ether oxygens (including phenoxy) is 1. The van der Waals surface area contributed by atoms with Crippen LogP contribution < -0.4 is 0 Å². The molecule has 1 aromatic heterocycles. The number of rotatable bonds is 6. The van der Waals surface area contributed by atoms with Gasteiger partial charge in [-0.2, -0.15) is 0 Å². The van der Waals surface area contributed by atoms with E-state index in [1.54, 1.807) is 6.26 Å². The summed E-state index contributed by atoms with van der Waals surface area (Å²) in [5.41, 5.74) is 3.82. The molecule has 1 saturated heterocycles. The zero-order chi connectivity index (χ0) is 31.4. The van der Waals surface area contributed by atoms with Crippen molar-refractivity contribution in [3.63, 3.8) is 0 Å². The summed E-state index contributed by atoms with van der Waals surface area (Å²) in [6, 6.07) is 23.6. The molecule has 2 atom stereocenters. The topological polar surface area (TPSA) is 145 Å². The number of carbonyl (C=O) groups excluding carboxylic acids is 1. The van der Waals surface area contributed by atoms with Gasteiger partial charge in [-0.3, -0.25) is 0 Å². The van der Waals surface area contributed by atoms with Gasteiger partial charge >= 0.3 is 246 Å². The van der Waals surface area contributed by atoms with Gasteiger partial charge in [0.15, 0.2) is 0 Å². The Kier molecular flexibility index (Phi) is 18.7. The van der Waals surface area contributed by atoms with Crippen molar-refractivity contribution >= 4 is 16.2 Å². The van der Waals surface area contributed by atoms with Crippen LogP contribution in [0.25, 0.3) is 5.70 Å². The minimum atomic E-state index is -0.287. The average Bonchev–Trinajstić information content (AvgIpc) is 3.80. The summed E-state index contributed by atoms with van der Waals surface area (Å²) in [4.78, 5) is 13.4. The first-order valence-electron chi connectivity index (χ1n) is 11.4. The number of hydrogen-bond donors (Lipinski definition) is 0. The molecule has 1 fully saturated rings. The molecule has 11 heteroatoms. The van der Waals surface area contributed by atoms with Crippen LogP contribution in [0.5, 0.6) is 0 Å². The molecule has 5 rings (SSSR count). The van der Waals surface area contributed by atoms with E-state index in [9.17, 15) is 4.79 Å². The molecule has 10 nitrogen and oxygen atoms in total. The second-order valence-electron chi connectivity index (χ2n) is 7.48. The van der Waals surface area contributed by atoms with E-state index in [0.29, 0.717) is 17.6 Å². The third-order valence-corrected chi connectivity index (χ3v) is 6.23. The molecule has 3 aromatic rings. The van der Waals surface area contributed by atoms with Crippen LogP contribution in [0.2, 0.25) is 0 Å². The maximum atomic E-state index is 13.4. The molecule has 2 aliphatic rings. The Morgan fingerprint density at radius 3 is 1.90 bits per heavy atom. The fraction of sp³-hybridized carbons (Fsp3) is 0.167. The van der Waals surface area contributed by atoms with E-state index in [1.807, 2.05) is 72.6 Å². The molecule has 3 heterocycles. The summed E-state index contributed by atoms with van der Waals surface area (Å²) in [6.07, 6.45) is 2.08. The normalized spacial score (nSPS) is 16.2. The molecule has 0 spiro atoms. The molecular weight excluding hydrogens is 568 g/mol. The predicted molar refractivity (Wildman–Crippen MR) is 134 cm³/mol. The SMILES string of the molecule is CCO[C](=[Cr])C1=C(c2ccccc2)N2C(=O)C[C@@H](c3ccccc3)N2[C@H]1c1ccco1.[C-]#[O+].[C-]#[O+].[C-]#[O+].[C-]#[O+].[C-]#[O+]. The van der Waals surface area contributed by atoms with Crippen LogP contribution in [0.3, 0.4) is 0 Å². The Balaban J connectivity index is 0.00000145. The molecule has 2 aliphatic heterocycles. The van der Waals surface area contributed by atoms with Gasteiger partial charge in [0, 0.05) is 0 Å². The summed E-state index contributed by atoms with van der Waals surface area (Å²) in [5.74, 6) is 0.831. The van der Waals surface area contributed by atoms with Crippen LogP contribution in [0.15, 0.2) is 89.0 Å². The molecule has 0 bridgehead atoms. The van der Waals surface area contributed by atoms with Gasteiger partial charge in [0.1, 0.15) is 0 Å². The molecule has 206 valence electrons. The van der Waals surface area contributed by atoms with Crippen molar-refractivity contribution in [3.05, 3.63) is 135 Å². The van der Waals surface area contributed by atoms with Gasteiger partial charge in [0.05, 0.1) is 0 Å². The van der Waals surface area contributed by atoms with Crippen LogP contribution >= 0.6 is 0 Å². The van der Waals surface area contributed by atoms with Crippen molar-refractivity contribution in [1.29, 1.82) is 0 Å². The fourth-order valence-corrected chi connectivity index (χ4v) is 4.99. The Morgan fingerprint density at radius 2 is 1.41 bits per heavy atom. The Morgan fingerprint density at radius 1 is 0.878 bits per heavy atom. The number of carbonyl (C=O) groups is 1. The van der Waals surface area contributed by atoms with Crippen LogP contribution in [0.1, 0.15) is 42.3 Å². The van der Waals surface area contributed by atoms with Crippen molar-refractivity contribution in [2.24, 2.45) is 0 Å². The quantitative estimate of drug-likeness (QED) is 0.308. The van der Waals surface area contributed by atoms with E-state index >= 15 is 0 Å². The molecule has 0 N–H and O–H groups in total. The molecule has 41 heavy (non-hydrogen) atoms. The summed E-state index contributed by atoms with van der Waals surface area (Å²) >= 11 is 3.10. The molecular formula is C30H22CrN2O8. The minimum absolute atomic E-state index is 0.0589. The average molecular weight is 591 g/mol. The standard InChI is InChI=1S/C25H22N2O3.5CO.Cr/c1-2-29-17-20-24(19-12-7-4-8-13-19)27-23(28)16-21(18-10-5-3-6-11-18)26(27)25(20)22-14-9-15-30-22;5*1-2;/h3-15,21,25H,2,16H2,1H3;;;;;;/t21-,25+;;;;;;/m0....../s1. The predicted octanol–water partition coefficient (Wildman–Crippen LogP) is 4.46. The van der Waals surface area contributed by atoms with Crippen LogP contribution in [0.4, 0.5) is 0 Å². The Bertz CT molecular complexity index is 1330. The van der Waals surface area contributed by atoms with Crippen LogP contribution in [-0.4, -0.2) is 27.1 Å². The molecule has 0 aliphatic carbocycles. The van der Waals surface area contributed by atoms with E-state index in [-0.39, 0.29) is 18.0 Å². The maximum absolute atomic E-state index is 13.4. The monoisotopic (exact) mass is 590 g/mol. The zero-order valence-electron chi connectivity index (χ0n) is 21.6. The number of hydrazine groups is 1. The number of amides is 1. The van der Waals surface area contributed by atoms with Gasteiger partial charge in [0.2, 0.25) is 0 Å². The zero-order valence-corrected chi connectivity index (χ0v) is 22.9. The third kappa shape index (κ3) is 8.47. The van der Waals surface area contributed by atoms with E-state index in [4.69, 9.17) is 32.4 Å². The number of nitrogens with zero attached hydrogens (tertiary/aromatic N) is 2. The summed E-state index contributed by atoms with van der Waals surface area (Å²) in [5, 5.41) is 3.97. The first-order chi connectivity index (χ1) is 20.2. The third-order valence-electron chi connectivity index (χ3n) is 5.70. The second-order valence-corrected chi connectivity index (χ2v) is 8.06. The van der Waals surface area contributed by atoms with Crippen LogP contribution in [-0.2, 0) is 48.6 Å².